The second-order valence-corrected chi connectivity index (χ2v) is 3.60. The largest absolute Gasteiger partial charge is 0.285 e. The Morgan fingerprint density at radius 1 is 1.31 bits per heavy atom. The summed E-state index contributed by atoms with van der Waals surface area (Å²) in [4.78, 5) is 1.28. The van der Waals surface area contributed by atoms with Gasteiger partial charge in [-0.05, 0) is 24.0 Å². The lowest BCUT2D eigenvalue weighted by Crippen LogP contribution is -1.74. The smallest absolute Gasteiger partial charge is 0.0565 e. The van der Waals surface area contributed by atoms with Gasteiger partial charge in [0.25, 0.3) is 0 Å². The molecule has 0 aliphatic rings. The third-order valence-electron chi connectivity index (χ3n) is 1.90. The molecule has 1 aromatic carbocycles. The minimum Gasteiger partial charge on any atom is -0.285 e. The van der Waals surface area contributed by atoms with E-state index in [0.717, 1.165) is 5.56 Å². The van der Waals surface area contributed by atoms with Crippen molar-refractivity contribution >= 4 is 11.8 Å². The van der Waals surface area contributed by atoms with Crippen molar-refractivity contribution in [2.75, 3.05) is 6.26 Å². The topological polar surface area (TPSA) is 28.7 Å². The summed E-state index contributed by atoms with van der Waals surface area (Å²) in [6, 6.07) is 8.42. The van der Waals surface area contributed by atoms with Gasteiger partial charge in [-0.15, -0.1) is 11.8 Å². The van der Waals surface area contributed by atoms with Gasteiger partial charge in [0.15, 0.2) is 0 Å². The quantitative estimate of drug-likeness (QED) is 0.738. The minimum absolute atomic E-state index is 1.14. The summed E-state index contributed by atoms with van der Waals surface area (Å²) in [6.07, 6.45) is 5.81. The molecule has 2 aromatic rings. The molecule has 0 spiro atoms. The van der Waals surface area contributed by atoms with Crippen molar-refractivity contribution in [3.63, 3.8) is 0 Å². The van der Waals surface area contributed by atoms with Gasteiger partial charge in [0.05, 0.1) is 6.20 Å². The van der Waals surface area contributed by atoms with Gasteiger partial charge in [0.1, 0.15) is 0 Å². The molecule has 2 rings (SSSR count). The standard InChI is InChI=1S/C10H10N2S/c1-13-10-4-2-3-8(5-10)9-6-11-12-7-9/h2-7H,1H3,(H,11,12). The fraction of sp³-hybridized carbons (Fsp3) is 0.100. The first-order valence-electron chi connectivity index (χ1n) is 4.03. The Morgan fingerprint density at radius 3 is 2.92 bits per heavy atom. The Balaban J connectivity index is 2.41. The van der Waals surface area contributed by atoms with E-state index in [2.05, 4.69) is 40.7 Å². The molecule has 1 N–H and O–H groups in total. The first kappa shape index (κ1) is 8.38. The molecule has 0 atom stereocenters. The molecule has 0 saturated heterocycles. The molecule has 0 bridgehead atoms. The number of nitrogens with zero attached hydrogens (tertiary/aromatic N) is 1. The number of nitrogens with one attached hydrogen (secondary N) is 1. The highest BCUT2D eigenvalue weighted by molar-refractivity contribution is 7.98. The van der Waals surface area contributed by atoms with Crippen molar-refractivity contribution in [3.8, 4) is 11.1 Å². The Kier molecular flexibility index (Phi) is 2.36. The first-order valence-corrected chi connectivity index (χ1v) is 5.26. The molecule has 0 saturated carbocycles. The van der Waals surface area contributed by atoms with Gasteiger partial charge >= 0.3 is 0 Å². The number of thioether (sulfide) groups is 1. The Morgan fingerprint density at radius 2 is 2.23 bits per heavy atom. The van der Waals surface area contributed by atoms with Crippen molar-refractivity contribution in [3.05, 3.63) is 36.7 Å². The van der Waals surface area contributed by atoms with Gasteiger partial charge in [-0.1, -0.05) is 12.1 Å². The van der Waals surface area contributed by atoms with E-state index < -0.39 is 0 Å². The monoisotopic (exact) mass is 190 g/mol. The zero-order valence-corrected chi connectivity index (χ0v) is 8.14. The van der Waals surface area contributed by atoms with Crippen molar-refractivity contribution in [1.29, 1.82) is 0 Å². The van der Waals surface area contributed by atoms with Crippen LogP contribution in [0.25, 0.3) is 11.1 Å². The van der Waals surface area contributed by atoms with Crippen LogP contribution in [-0.2, 0) is 0 Å². The van der Waals surface area contributed by atoms with Gasteiger partial charge in [0.2, 0.25) is 0 Å². The van der Waals surface area contributed by atoms with Gasteiger partial charge in [-0.25, -0.2) is 0 Å². The summed E-state index contributed by atoms with van der Waals surface area (Å²) in [5.41, 5.74) is 2.34. The Hall–Kier alpha value is -1.22. The molecule has 0 amide bonds. The molecule has 3 heteroatoms. The number of hydrogen-bond acceptors (Lipinski definition) is 2. The number of aromatic nitrogens is 2. The lowest BCUT2D eigenvalue weighted by atomic mass is 10.1. The van der Waals surface area contributed by atoms with E-state index in [-0.39, 0.29) is 0 Å². The molecule has 13 heavy (non-hydrogen) atoms. The van der Waals surface area contributed by atoms with Crippen LogP contribution in [0.2, 0.25) is 0 Å². The van der Waals surface area contributed by atoms with Gasteiger partial charge in [0, 0.05) is 16.7 Å². The molecule has 1 heterocycles. The first-order chi connectivity index (χ1) is 6.40. The number of aromatic amines is 1. The third kappa shape index (κ3) is 1.75. The van der Waals surface area contributed by atoms with Crippen molar-refractivity contribution in [2.24, 2.45) is 0 Å². The highest BCUT2D eigenvalue weighted by atomic mass is 32.2. The lowest BCUT2D eigenvalue weighted by Gasteiger charge is -1.99. The molecule has 0 aliphatic carbocycles. The molecule has 0 unspecified atom stereocenters. The van der Waals surface area contributed by atoms with Crippen molar-refractivity contribution in [2.45, 2.75) is 4.90 Å². The normalized spacial score (nSPS) is 10.2. The average molecular weight is 190 g/mol. The molecule has 66 valence electrons. The van der Waals surface area contributed by atoms with E-state index in [1.807, 2.05) is 12.4 Å². The molecule has 0 radical (unpaired) electrons. The van der Waals surface area contributed by atoms with Crippen LogP contribution in [0.1, 0.15) is 0 Å². The average Bonchev–Trinajstić information content (AvgIpc) is 2.71. The summed E-state index contributed by atoms with van der Waals surface area (Å²) in [7, 11) is 0. The highest BCUT2D eigenvalue weighted by Gasteiger charge is 1.98. The maximum absolute atomic E-state index is 3.92. The van der Waals surface area contributed by atoms with E-state index in [0.29, 0.717) is 0 Å². The van der Waals surface area contributed by atoms with E-state index in [1.54, 1.807) is 11.8 Å². The zero-order valence-electron chi connectivity index (χ0n) is 7.32. The molecule has 0 aliphatic heterocycles. The molecule has 0 fully saturated rings. The van der Waals surface area contributed by atoms with E-state index in [1.165, 1.54) is 10.5 Å². The summed E-state index contributed by atoms with van der Waals surface area (Å²) < 4.78 is 0. The number of benzene rings is 1. The molecular weight excluding hydrogens is 180 g/mol. The van der Waals surface area contributed by atoms with Gasteiger partial charge in [-0.3, -0.25) is 5.10 Å². The fourth-order valence-corrected chi connectivity index (χ4v) is 1.67. The van der Waals surface area contributed by atoms with Crippen LogP contribution in [0.4, 0.5) is 0 Å². The van der Waals surface area contributed by atoms with Crippen LogP contribution in [0.15, 0.2) is 41.6 Å². The molecule has 2 nitrogen and oxygen atoms in total. The summed E-state index contributed by atoms with van der Waals surface area (Å²) in [5.74, 6) is 0. The highest BCUT2D eigenvalue weighted by Crippen LogP contribution is 2.23. The Bertz CT molecular complexity index is 382. The third-order valence-corrected chi connectivity index (χ3v) is 2.63. The van der Waals surface area contributed by atoms with Crippen molar-refractivity contribution < 1.29 is 0 Å². The number of H-pyrrole nitrogens is 1. The van der Waals surface area contributed by atoms with Crippen LogP contribution in [-0.4, -0.2) is 16.5 Å². The molecular formula is C10H10N2S. The van der Waals surface area contributed by atoms with Crippen LogP contribution >= 0.6 is 11.8 Å². The maximum Gasteiger partial charge on any atom is 0.0565 e. The van der Waals surface area contributed by atoms with Crippen LogP contribution in [0, 0.1) is 0 Å². The number of hydrogen-bond donors (Lipinski definition) is 1. The van der Waals surface area contributed by atoms with Gasteiger partial charge in [-0.2, -0.15) is 5.10 Å². The number of rotatable bonds is 2. The van der Waals surface area contributed by atoms with Crippen LogP contribution in [0.3, 0.4) is 0 Å². The lowest BCUT2D eigenvalue weighted by molar-refractivity contribution is 1.09. The molecule has 1 aromatic heterocycles. The predicted molar refractivity (Wildman–Crippen MR) is 55.8 cm³/mol. The van der Waals surface area contributed by atoms with Crippen LogP contribution in [0.5, 0.6) is 0 Å². The Labute approximate surface area is 81.4 Å². The second-order valence-electron chi connectivity index (χ2n) is 2.72. The van der Waals surface area contributed by atoms with Crippen molar-refractivity contribution in [1.82, 2.24) is 10.2 Å². The minimum atomic E-state index is 1.14. The van der Waals surface area contributed by atoms with Crippen LogP contribution < -0.4 is 0 Å². The van der Waals surface area contributed by atoms with Gasteiger partial charge < -0.3 is 0 Å². The summed E-state index contributed by atoms with van der Waals surface area (Å²) in [5, 5.41) is 6.73. The summed E-state index contributed by atoms with van der Waals surface area (Å²) >= 11 is 1.75. The van der Waals surface area contributed by atoms with E-state index in [4.69, 9.17) is 0 Å². The van der Waals surface area contributed by atoms with E-state index in [9.17, 15) is 0 Å². The maximum atomic E-state index is 3.92. The van der Waals surface area contributed by atoms with E-state index >= 15 is 0 Å². The second kappa shape index (κ2) is 3.66. The fourth-order valence-electron chi connectivity index (χ4n) is 1.21. The predicted octanol–water partition coefficient (Wildman–Crippen LogP) is 2.80. The SMILES string of the molecule is CSc1cccc(-c2cn[nH]c2)c1. The zero-order chi connectivity index (χ0) is 9.10. The summed E-state index contributed by atoms with van der Waals surface area (Å²) in [6.45, 7) is 0.